The van der Waals surface area contributed by atoms with E-state index in [2.05, 4.69) is 28.2 Å². The van der Waals surface area contributed by atoms with E-state index in [1.807, 2.05) is 42.5 Å². The molecular formula is C24H31N3O2. The van der Waals surface area contributed by atoms with Crippen molar-refractivity contribution in [2.75, 3.05) is 39.1 Å². The molecule has 0 aromatic heterocycles. The monoisotopic (exact) mass is 393 g/mol. The number of benzene rings is 2. The van der Waals surface area contributed by atoms with Gasteiger partial charge in [0.2, 0.25) is 5.91 Å². The van der Waals surface area contributed by atoms with Crippen molar-refractivity contribution in [3.05, 3.63) is 48.5 Å². The molecule has 0 saturated carbocycles. The highest BCUT2D eigenvalue weighted by molar-refractivity contribution is 5.95. The van der Waals surface area contributed by atoms with Gasteiger partial charge in [0.05, 0.1) is 13.2 Å². The Morgan fingerprint density at radius 3 is 2.48 bits per heavy atom. The van der Waals surface area contributed by atoms with Gasteiger partial charge in [-0.1, -0.05) is 24.3 Å². The summed E-state index contributed by atoms with van der Waals surface area (Å²) in [5.41, 5.74) is 3.07. The van der Waals surface area contributed by atoms with Crippen molar-refractivity contribution >= 4 is 11.6 Å². The molecule has 1 atom stereocenters. The van der Waals surface area contributed by atoms with Crippen LogP contribution in [-0.4, -0.2) is 61.6 Å². The number of likely N-dealkylation sites (tertiary alicyclic amines) is 2. The summed E-state index contributed by atoms with van der Waals surface area (Å²) in [4.78, 5) is 17.8. The summed E-state index contributed by atoms with van der Waals surface area (Å²) in [6.45, 7) is 3.30. The molecule has 2 aromatic carbocycles. The van der Waals surface area contributed by atoms with E-state index in [1.54, 1.807) is 7.11 Å². The third-order valence-corrected chi connectivity index (χ3v) is 6.31. The molecule has 0 radical (unpaired) electrons. The normalized spacial score (nSPS) is 21.2. The Morgan fingerprint density at radius 2 is 1.76 bits per heavy atom. The molecular weight excluding hydrogens is 362 g/mol. The Kier molecular flexibility index (Phi) is 6.16. The fourth-order valence-electron chi connectivity index (χ4n) is 4.61. The van der Waals surface area contributed by atoms with E-state index in [4.69, 9.17) is 4.74 Å². The van der Waals surface area contributed by atoms with E-state index in [0.29, 0.717) is 6.04 Å². The fourth-order valence-corrected chi connectivity index (χ4v) is 4.61. The number of anilines is 1. The van der Waals surface area contributed by atoms with Crippen LogP contribution < -0.4 is 10.1 Å². The zero-order valence-corrected chi connectivity index (χ0v) is 17.4. The fraction of sp³-hybridized carbons (Fsp3) is 0.458. The lowest BCUT2D eigenvalue weighted by atomic mass is 10.0. The molecule has 2 aliphatic heterocycles. The minimum Gasteiger partial charge on any atom is -0.497 e. The van der Waals surface area contributed by atoms with Gasteiger partial charge in [-0.05, 0) is 87.8 Å². The summed E-state index contributed by atoms with van der Waals surface area (Å²) >= 11 is 0. The summed E-state index contributed by atoms with van der Waals surface area (Å²) < 4.78 is 5.31. The van der Waals surface area contributed by atoms with Crippen LogP contribution in [0.4, 0.5) is 5.69 Å². The SMILES string of the molecule is COc1cccc(-c2ccc(NC(=O)C3CCCN3C3CCN(C)CC3)cc2)c1. The first-order valence-corrected chi connectivity index (χ1v) is 10.6. The molecule has 1 unspecified atom stereocenters. The predicted molar refractivity (Wildman–Crippen MR) is 117 cm³/mol. The van der Waals surface area contributed by atoms with Gasteiger partial charge in [-0.25, -0.2) is 0 Å². The lowest BCUT2D eigenvalue weighted by molar-refractivity contribution is -0.121. The Balaban J connectivity index is 1.40. The highest BCUT2D eigenvalue weighted by Gasteiger charge is 2.36. The highest BCUT2D eigenvalue weighted by Crippen LogP contribution is 2.28. The van der Waals surface area contributed by atoms with E-state index >= 15 is 0 Å². The van der Waals surface area contributed by atoms with Crippen molar-refractivity contribution in [3.8, 4) is 16.9 Å². The summed E-state index contributed by atoms with van der Waals surface area (Å²) in [5.74, 6) is 0.977. The van der Waals surface area contributed by atoms with Crippen molar-refractivity contribution in [1.82, 2.24) is 9.80 Å². The first-order chi connectivity index (χ1) is 14.1. The van der Waals surface area contributed by atoms with Crippen LogP contribution in [0, 0.1) is 0 Å². The Bertz CT molecular complexity index is 828. The van der Waals surface area contributed by atoms with Gasteiger partial charge in [0.1, 0.15) is 5.75 Å². The van der Waals surface area contributed by atoms with Gasteiger partial charge in [-0.2, -0.15) is 0 Å². The average molecular weight is 394 g/mol. The number of rotatable bonds is 5. The molecule has 154 valence electrons. The van der Waals surface area contributed by atoms with E-state index in [1.165, 1.54) is 0 Å². The van der Waals surface area contributed by atoms with E-state index in [9.17, 15) is 4.79 Å². The molecule has 4 rings (SSSR count). The molecule has 5 nitrogen and oxygen atoms in total. The Hall–Kier alpha value is -2.37. The van der Waals surface area contributed by atoms with Gasteiger partial charge < -0.3 is 15.0 Å². The number of carbonyl (C=O) groups is 1. The Labute approximate surface area is 173 Å². The standard InChI is InChI=1S/C24H31N3O2/c1-26-15-12-21(13-16-26)27-14-4-7-23(27)24(28)25-20-10-8-18(9-11-20)19-5-3-6-22(17-19)29-2/h3,5-6,8-11,17,21,23H,4,7,12-16H2,1-2H3,(H,25,28). The van der Waals surface area contributed by atoms with Gasteiger partial charge in [0, 0.05) is 11.7 Å². The van der Waals surface area contributed by atoms with Crippen LogP contribution in [0.3, 0.4) is 0 Å². The maximum absolute atomic E-state index is 13.0. The number of hydrogen-bond donors (Lipinski definition) is 1. The van der Waals surface area contributed by atoms with Gasteiger partial charge in [-0.3, -0.25) is 9.69 Å². The average Bonchev–Trinajstić information content (AvgIpc) is 3.25. The Morgan fingerprint density at radius 1 is 1.00 bits per heavy atom. The van der Waals surface area contributed by atoms with E-state index in [-0.39, 0.29) is 11.9 Å². The zero-order chi connectivity index (χ0) is 20.2. The van der Waals surface area contributed by atoms with E-state index < -0.39 is 0 Å². The van der Waals surface area contributed by atoms with Crippen molar-refractivity contribution < 1.29 is 9.53 Å². The molecule has 0 spiro atoms. The number of methoxy groups -OCH3 is 1. The predicted octanol–water partition coefficient (Wildman–Crippen LogP) is 3.86. The molecule has 1 amide bonds. The highest BCUT2D eigenvalue weighted by atomic mass is 16.5. The van der Waals surface area contributed by atoms with Crippen LogP contribution >= 0.6 is 0 Å². The molecule has 2 saturated heterocycles. The summed E-state index contributed by atoms with van der Waals surface area (Å²) in [6, 6.07) is 16.6. The third-order valence-electron chi connectivity index (χ3n) is 6.31. The zero-order valence-electron chi connectivity index (χ0n) is 17.4. The summed E-state index contributed by atoms with van der Waals surface area (Å²) in [5, 5.41) is 3.15. The van der Waals surface area contributed by atoms with Crippen LogP contribution in [0.15, 0.2) is 48.5 Å². The van der Waals surface area contributed by atoms with E-state index in [0.717, 1.165) is 67.9 Å². The topological polar surface area (TPSA) is 44.8 Å². The molecule has 2 aliphatic rings. The summed E-state index contributed by atoms with van der Waals surface area (Å²) in [7, 11) is 3.86. The number of hydrogen-bond acceptors (Lipinski definition) is 4. The second kappa shape index (κ2) is 8.97. The largest absolute Gasteiger partial charge is 0.497 e. The number of nitrogens with one attached hydrogen (secondary N) is 1. The second-order valence-corrected chi connectivity index (χ2v) is 8.23. The number of piperidine rings is 1. The van der Waals surface area contributed by atoms with Gasteiger partial charge in [0.25, 0.3) is 0 Å². The van der Waals surface area contributed by atoms with Crippen LogP contribution in [0.25, 0.3) is 11.1 Å². The van der Waals surface area contributed by atoms with Gasteiger partial charge in [0.15, 0.2) is 0 Å². The summed E-state index contributed by atoms with van der Waals surface area (Å²) in [6.07, 6.45) is 4.39. The number of ether oxygens (including phenoxy) is 1. The molecule has 2 aromatic rings. The van der Waals surface area contributed by atoms with Crippen LogP contribution in [0.5, 0.6) is 5.75 Å². The van der Waals surface area contributed by atoms with Crippen molar-refractivity contribution in [2.45, 2.75) is 37.8 Å². The number of carbonyl (C=O) groups excluding carboxylic acids is 1. The molecule has 2 fully saturated rings. The van der Waals surface area contributed by atoms with Crippen LogP contribution in [0.1, 0.15) is 25.7 Å². The maximum atomic E-state index is 13.0. The second-order valence-electron chi connectivity index (χ2n) is 8.23. The van der Waals surface area contributed by atoms with Gasteiger partial charge in [-0.15, -0.1) is 0 Å². The third kappa shape index (κ3) is 4.62. The lowest BCUT2D eigenvalue weighted by Gasteiger charge is -2.37. The number of amides is 1. The molecule has 5 heteroatoms. The molecule has 0 bridgehead atoms. The van der Waals surface area contributed by atoms with Crippen molar-refractivity contribution in [2.24, 2.45) is 0 Å². The van der Waals surface area contributed by atoms with Crippen molar-refractivity contribution in [1.29, 1.82) is 0 Å². The minimum atomic E-state index is 0.00136. The maximum Gasteiger partial charge on any atom is 0.241 e. The molecule has 29 heavy (non-hydrogen) atoms. The number of nitrogens with zero attached hydrogens (tertiary/aromatic N) is 2. The molecule has 1 N–H and O–H groups in total. The lowest BCUT2D eigenvalue weighted by Crippen LogP contribution is -2.49. The first kappa shape index (κ1) is 19.9. The quantitative estimate of drug-likeness (QED) is 0.838. The minimum absolute atomic E-state index is 0.00136. The smallest absolute Gasteiger partial charge is 0.241 e. The van der Waals surface area contributed by atoms with Gasteiger partial charge >= 0.3 is 0 Å². The first-order valence-electron chi connectivity index (χ1n) is 10.6. The molecule has 2 heterocycles. The van der Waals surface area contributed by atoms with Crippen LogP contribution in [-0.2, 0) is 4.79 Å². The van der Waals surface area contributed by atoms with Crippen molar-refractivity contribution in [3.63, 3.8) is 0 Å². The molecule has 0 aliphatic carbocycles. The van der Waals surface area contributed by atoms with Crippen LogP contribution in [0.2, 0.25) is 0 Å².